The summed E-state index contributed by atoms with van der Waals surface area (Å²) in [4.78, 5) is 24.8. The Morgan fingerprint density at radius 1 is 1.17 bits per heavy atom. The predicted octanol–water partition coefficient (Wildman–Crippen LogP) is 2.21. The van der Waals surface area contributed by atoms with Crippen LogP contribution in [0.1, 0.15) is 17.9 Å². The van der Waals surface area contributed by atoms with Crippen molar-refractivity contribution in [1.29, 1.82) is 5.26 Å². The Balaban J connectivity index is 2.59. The quantitative estimate of drug-likeness (QED) is 0.622. The van der Waals surface area contributed by atoms with E-state index in [1.165, 1.54) is 14.2 Å². The summed E-state index contributed by atoms with van der Waals surface area (Å²) < 4.78 is 14.8. The first-order valence-electron chi connectivity index (χ1n) is 7.43. The lowest BCUT2D eigenvalue weighted by Crippen LogP contribution is -2.48. The van der Waals surface area contributed by atoms with Crippen molar-refractivity contribution in [3.8, 4) is 11.8 Å². The highest BCUT2D eigenvalue weighted by molar-refractivity contribution is 5.90. The second-order valence-electron chi connectivity index (χ2n) is 5.46. The van der Waals surface area contributed by atoms with Crippen molar-refractivity contribution < 1.29 is 23.8 Å². The molecule has 0 N–H and O–H groups in total. The molecule has 0 spiro atoms. The van der Waals surface area contributed by atoms with Crippen molar-refractivity contribution in [3.63, 3.8) is 0 Å². The van der Waals surface area contributed by atoms with Gasteiger partial charge in [0.15, 0.2) is 5.41 Å². The normalized spacial score (nSPS) is 25.4. The van der Waals surface area contributed by atoms with Gasteiger partial charge in [-0.25, -0.2) is 0 Å². The van der Waals surface area contributed by atoms with E-state index in [1.807, 2.05) is 0 Å². The molecule has 126 valence electrons. The van der Waals surface area contributed by atoms with Crippen molar-refractivity contribution in [2.24, 2.45) is 11.3 Å². The molecule has 24 heavy (non-hydrogen) atoms. The maximum Gasteiger partial charge on any atom is 0.328 e. The Kier molecular flexibility index (Phi) is 5.24. The number of ether oxygens (including phenoxy) is 3. The number of methoxy groups -OCH3 is 3. The molecule has 1 aromatic carbocycles. The van der Waals surface area contributed by atoms with Crippen LogP contribution in [0.4, 0.5) is 0 Å². The molecule has 0 saturated carbocycles. The van der Waals surface area contributed by atoms with Gasteiger partial charge in [0, 0.05) is 5.92 Å². The molecule has 1 aliphatic rings. The van der Waals surface area contributed by atoms with Crippen LogP contribution in [0.5, 0.6) is 5.75 Å². The van der Waals surface area contributed by atoms with Crippen LogP contribution in [-0.2, 0) is 19.1 Å². The zero-order valence-corrected chi connectivity index (χ0v) is 13.8. The number of rotatable bonds is 4. The number of benzene rings is 1. The van der Waals surface area contributed by atoms with Crippen LogP contribution in [0, 0.1) is 22.7 Å². The van der Waals surface area contributed by atoms with E-state index in [9.17, 15) is 14.9 Å². The molecule has 0 aliphatic heterocycles. The Hall–Kier alpha value is -2.81. The van der Waals surface area contributed by atoms with Gasteiger partial charge in [0.05, 0.1) is 33.3 Å². The van der Waals surface area contributed by atoms with E-state index in [0.717, 1.165) is 0 Å². The van der Waals surface area contributed by atoms with E-state index < -0.39 is 29.2 Å². The Morgan fingerprint density at radius 3 is 2.33 bits per heavy atom. The number of hydrogen-bond acceptors (Lipinski definition) is 6. The summed E-state index contributed by atoms with van der Waals surface area (Å²) in [6.45, 7) is 0. The lowest BCUT2D eigenvalue weighted by atomic mass is 9.61. The Morgan fingerprint density at radius 2 is 1.83 bits per heavy atom. The largest absolute Gasteiger partial charge is 0.497 e. The zero-order valence-electron chi connectivity index (χ0n) is 13.8. The van der Waals surface area contributed by atoms with E-state index in [4.69, 9.17) is 14.2 Å². The fourth-order valence-corrected chi connectivity index (χ4v) is 3.15. The Labute approximate surface area is 140 Å². The standard InChI is InChI=1S/C18H19NO5/c1-22-13-9-7-12(8-10-13)14-5-4-6-15(16(20)23-2)18(14,11-19)17(21)24-3/h4-5,7-10,14-15H,6H2,1-3H3. The fourth-order valence-electron chi connectivity index (χ4n) is 3.15. The first-order chi connectivity index (χ1) is 11.5. The van der Waals surface area contributed by atoms with Gasteiger partial charge in [-0.3, -0.25) is 9.59 Å². The van der Waals surface area contributed by atoms with Crippen LogP contribution in [0.2, 0.25) is 0 Å². The van der Waals surface area contributed by atoms with Crippen LogP contribution in [0.25, 0.3) is 0 Å². The minimum Gasteiger partial charge on any atom is -0.497 e. The molecule has 0 saturated heterocycles. The second kappa shape index (κ2) is 7.18. The molecule has 0 aromatic heterocycles. The number of nitriles is 1. The van der Waals surface area contributed by atoms with Crippen LogP contribution >= 0.6 is 0 Å². The van der Waals surface area contributed by atoms with Crippen LogP contribution in [0.15, 0.2) is 36.4 Å². The van der Waals surface area contributed by atoms with E-state index in [2.05, 4.69) is 6.07 Å². The average molecular weight is 329 g/mol. The van der Waals surface area contributed by atoms with E-state index >= 15 is 0 Å². The van der Waals surface area contributed by atoms with E-state index in [0.29, 0.717) is 11.3 Å². The topological polar surface area (TPSA) is 85.6 Å². The summed E-state index contributed by atoms with van der Waals surface area (Å²) in [7, 11) is 4.00. The molecule has 0 radical (unpaired) electrons. The van der Waals surface area contributed by atoms with Gasteiger partial charge in [0.2, 0.25) is 0 Å². The molecule has 0 bridgehead atoms. The van der Waals surface area contributed by atoms with E-state index in [-0.39, 0.29) is 6.42 Å². The summed E-state index contributed by atoms with van der Waals surface area (Å²) in [5, 5.41) is 9.87. The smallest absolute Gasteiger partial charge is 0.328 e. The zero-order chi connectivity index (χ0) is 17.7. The van der Waals surface area contributed by atoms with Crippen molar-refractivity contribution in [1.82, 2.24) is 0 Å². The summed E-state index contributed by atoms with van der Waals surface area (Å²) in [5.74, 6) is -2.25. The molecule has 6 heteroatoms. The third-order valence-corrected chi connectivity index (χ3v) is 4.41. The van der Waals surface area contributed by atoms with Crippen LogP contribution in [0.3, 0.4) is 0 Å². The fraction of sp³-hybridized carbons (Fsp3) is 0.389. The van der Waals surface area contributed by atoms with Crippen molar-refractivity contribution in [2.75, 3.05) is 21.3 Å². The van der Waals surface area contributed by atoms with E-state index in [1.54, 1.807) is 43.5 Å². The van der Waals surface area contributed by atoms with Gasteiger partial charge in [-0.05, 0) is 24.1 Å². The number of hydrogen-bond donors (Lipinski definition) is 0. The Bertz CT molecular complexity index is 688. The summed E-state index contributed by atoms with van der Waals surface area (Å²) in [6.07, 6.45) is 3.79. The molecule has 0 heterocycles. The lowest BCUT2D eigenvalue weighted by Gasteiger charge is -2.38. The summed E-state index contributed by atoms with van der Waals surface area (Å²) in [5.41, 5.74) is -0.960. The minimum atomic E-state index is -1.68. The van der Waals surface area contributed by atoms with Gasteiger partial charge >= 0.3 is 11.9 Å². The lowest BCUT2D eigenvalue weighted by molar-refractivity contribution is -0.163. The molecule has 0 fully saturated rings. The SMILES string of the molecule is COC(=O)C1CC=CC(c2ccc(OC)cc2)C1(C#N)C(=O)OC. The molecule has 6 nitrogen and oxygen atoms in total. The highest BCUT2D eigenvalue weighted by atomic mass is 16.5. The summed E-state index contributed by atoms with van der Waals surface area (Å²) >= 11 is 0. The molecule has 2 rings (SSSR count). The molecule has 1 aromatic rings. The van der Waals surface area contributed by atoms with Gasteiger partial charge in [0.25, 0.3) is 0 Å². The highest BCUT2D eigenvalue weighted by Gasteiger charge is 2.57. The average Bonchev–Trinajstić information content (AvgIpc) is 2.65. The van der Waals surface area contributed by atoms with Crippen molar-refractivity contribution in [2.45, 2.75) is 12.3 Å². The van der Waals surface area contributed by atoms with Gasteiger partial charge in [-0.1, -0.05) is 24.3 Å². The third-order valence-electron chi connectivity index (χ3n) is 4.41. The first kappa shape index (κ1) is 17.5. The highest BCUT2D eigenvalue weighted by Crippen LogP contribution is 2.49. The molecule has 3 unspecified atom stereocenters. The maximum absolute atomic E-state index is 12.5. The van der Waals surface area contributed by atoms with Gasteiger partial charge < -0.3 is 14.2 Å². The molecule has 3 atom stereocenters. The molecule has 1 aliphatic carbocycles. The van der Waals surface area contributed by atoms with Gasteiger partial charge in [0.1, 0.15) is 5.75 Å². The molecular weight excluding hydrogens is 310 g/mol. The monoisotopic (exact) mass is 329 g/mol. The molecule has 0 amide bonds. The van der Waals surface area contributed by atoms with Crippen molar-refractivity contribution in [3.05, 3.63) is 42.0 Å². The second-order valence-corrected chi connectivity index (χ2v) is 5.46. The van der Waals surface area contributed by atoms with Gasteiger partial charge in [-0.2, -0.15) is 5.26 Å². The number of esters is 2. The number of carbonyl (C=O) groups excluding carboxylic acids is 2. The van der Waals surface area contributed by atoms with Gasteiger partial charge in [-0.15, -0.1) is 0 Å². The minimum absolute atomic E-state index is 0.238. The van der Waals surface area contributed by atoms with Crippen molar-refractivity contribution >= 4 is 11.9 Å². The molecular formula is C18H19NO5. The number of allylic oxidation sites excluding steroid dienone is 2. The first-order valence-corrected chi connectivity index (χ1v) is 7.43. The van der Waals surface area contributed by atoms with Crippen LogP contribution in [-0.4, -0.2) is 33.3 Å². The maximum atomic E-state index is 12.5. The summed E-state index contributed by atoms with van der Waals surface area (Å²) in [6, 6.07) is 9.07. The number of nitrogens with zero attached hydrogens (tertiary/aromatic N) is 1. The van der Waals surface area contributed by atoms with Crippen LogP contribution < -0.4 is 4.74 Å². The third kappa shape index (κ3) is 2.73. The predicted molar refractivity (Wildman–Crippen MR) is 85.1 cm³/mol. The number of carbonyl (C=O) groups is 2.